The second kappa shape index (κ2) is 6.46. The average Bonchev–Trinajstić information content (AvgIpc) is 2.53. The third-order valence-electron chi connectivity index (χ3n) is 3.59. The molecule has 3 aromatic rings. The molecule has 0 fully saturated rings. The Morgan fingerprint density at radius 2 is 1.86 bits per heavy atom. The summed E-state index contributed by atoms with van der Waals surface area (Å²) in [5, 5.41) is 5.84. The number of hydrogen-bond donors (Lipinski definition) is 1. The summed E-state index contributed by atoms with van der Waals surface area (Å²) < 4.78 is 12.8. The fraction of sp³-hybridized carbons (Fsp3) is 0.167. The molecule has 0 atom stereocenters. The highest BCUT2D eigenvalue weighted by molar-refractivity contribution is 5.84. The van der Waals surface area contributed by atoms with Crippen LogP contribution in [0.4, 0.5) is 4.39 Å². The summed E-state index contributed by atoms with van der Waals surface area (Å²) in [4.78, 5) is 4.15. The van der Waals surface area contributed by atoms with Gasteiger partial charge in [0, 0.05) is 24.3 Å². The van der Waals surface area contributed by atoms with Crippen molar-refractivity contribution >= 4 is 10.8 Å². The number of nitrogens with one attached hydrogen (secondary N) is 1. The number of pyridine rings is 1. The Labute approximate surface area is 123 Å². The average molecular weight is 280 g/mol. The minimum atomic E-state index is -0.184. The lowest BCUT2D eigenvalue weighted by atomic mass is 10.1. The van der Waals surface area contributed by atoms with E-state index in [9.17, 15) is 4.39 Å². The highest BCUT2D eigenvalue weighted by atomic mass is 19.1. The Kier molecular flexibility index (Phi) is 4.22. The van der Waals surface area contributed by atoms with Crippen molar-refractivity contribution in [1.29, 1.82) is 0 Å². The summed E-state index contributed by atoms with van der Waals surface area (Å²) in [5.74, 6) is -0.184. The van der Waals surface area contributed by atoms with E-state index < -0.39 is 0 Å². The van der Waals surface area contributed by atoms with Gasteiger partial charge >= 0.3 is 0 Å². The molecular weight excluding hydrogens is 263 g/mol. The molecule has 1 aromatic heterocycles. The molecule has 0 bridgehead atoms. The summed E-state index contributed by atoms with van der Waals surface area (Å²) in [6.45, 7) is 1.69. The van der Waals surface area contributed by atoms with Crippen LogP contribution in [-0.2, 0) is 13.0 Å². The summed E-state index contributed by atoms with van der Waals surface area (Å²) in [6.07, 6.45) is 4.61. The molecule has 0 radical (unpaired) electrons. The SMILES string of the molecule is Fc1ccc(CCNCc2cccc3cnccc23)cc1. The Bertz CT molecular complexity index is 717. The number of hydrogen-bond acceptors (Lipinski definition) is 2. The Balaban J connectivity index is 1.58. The van der Waals surface area contributed by atoms with Crippen molar-refractivity contribution < 1.29 is 4.39 Å². The smallest absolute Gasteiger partial charge is 0.123 e. The van der Waals surface area contributed by atoms with Crippen molar-refractivity contribution in [2.45, 2.75) is 13.0 Å². The van der Waals surface area contributed by atoms with Gasteiger partial charge in [-0.3, -0.25) is 4.98 Å². The molecule has 2 aromatic carbocycles. The number of fused-ring (bicyclic) bond motifs is 1. The Morgan fingerprint density at radius 3 is 2.71 bits per heavy atom. The fourth-order valence-electron chi connectivity index (χ4n) is 2.45. The molecule has 0 amide bonds. The maximum absolute atomic E-state index is 12.8. The van der Waals surface area contributed by atoms with Gasteiger partial charge in [-0.05, 0) is 47.7 Å². The van der Waals surface area contributed by atoms with Gasteiger partial charge in [0.25, 0.3) is 0 Å². The van der Waals surface area contributed by atoms with Gasteiger partial charge in [0.2, 0.25) is 0 Å². The maximum atomic E-state index is 12.8. The van der Waals surface area contributed by atoms with Gasteiger partial charge in [-0.1, -0.05) is 30.3 Å². The number of nitrogens with zero attached hydrogens (tertiary/aromatic N) is 1. The monoisotopic (exact) mass is 280 g/mol. The normalized spacial score (nSPS) is 10.9. The van der Waals surface area contributed by atoms with Crippen LogP contribution < -0.4 is 5.32 Å². The molecule has 3 heteroatoms. The van der Waals surface area contributed by atoms with Gasteiger partial charge in [-0.2, -0.15) is 0 Å². The minimum absolute atomic E-state index is 0.184. The van der Waals surface area contributed by atoms with Crippen LogP contribution in [0.15, 0.2) is 60.9 Å². The van der Waals surface area contributed by atoms with Crippen molar-refractivity contribution in [3.63, 3.8) is 0 Å². The first-order chi connectivity index (χ1) is 10.3. The first-order valence-corrected chi connectivity index (χ1v) is 7.10. The lowest BCUT2D eigenvalue weighted by Crippen LogP contribution is -2.16. The van der Waals surface area contributed by atoms with Crippen LogP contribution in [0.25, 0.3) is 10.8 Å². The zero-order valence-corrected chi connectivity index (χ0v) is 11.7. The van der Waals surface area contributed by atoms with E-state index in [0.29, 0.717) is 0 Å². The molecular formula is C18H17FN2. The van der Waals surface area contributed by atoms with Crippen LogP contribution in [0.1, 0.15) is 11.1 Å². The predicted molar refractivity (Wildman–Crippen MR) is 83.6 cm³/mol. The molecule has 106 valence electrons. The molecule has 3 rings (SSSR count). The van der Waals surface area contributed by atoms with Crippen LogP contribution in [0.5, 0.6) is 0 Å². The zero-order valence-electron chi connectivity index (χ0n) is 11.7. The lowest BCUT2D eigenvalue weighted by molar-refractivity contribution is 0.626. The molecule has 1 N–H and O–H groups in total. The molecule has 0 aliphatic heterocycles. The Hall–Kier alpha value is -2.26. The topological polar surface area (TPSA) is 24.9 Å². The van der Waals surface area contributed by atoms with Crippen molar-refractivity contribution in [2.24, 2.45) is 0 Å². The number of halogens is 1. The first kappa shape index (κ1) is 13.7. The van der Waals surface area contributed by atoms with E-state index in [1.165, 1.54) is 23.1 Å². The largest absolute Gasteiger partial charge is 0.312 e. The highest BCUT2D eigenvalue weighted by Crippen LogP contribution is 2.17. The highest BCUT2D eigenvalue weighted by Gasteiger charge is 2.00. The van der Waals surface area contributed by atoms with E-state index in [1.807, 2.05) is 30.6 Å². The van der Waals surface area contributed by atoms with Gasteiger partial charge in [0.05, 0.1) is 0 Å². The molecule has 0 aliphatic carbocycles. The second-order valence-corrected chi connectivity index (χ2v) is 5.07. The molecule has 0 saturated heterocycles. The van der Waals surface area contributed by atoms with Crippen molar-refractivity contribution in [3.05, 3.63) is 77.9 Å². The lowest BCUT2D eigenvalue weighted by Gasteiger charge is -2.08. The van der Waals surface area contributed by atoms with Crippen LogP contribution in [0.3, 0.4) is 0 Å². The molecule has 2 nitrogen and oxygen atoms in total. The second-order valence-electron chi connectivity index (χ2n) is 5.07. The molecule has 21 heavy (non-hydrogen) atoms. The first-order valence-electron chi connectivity index (χ1n) is 7.10. The molecule has 0 aliphatic rings. The summed E-state index contributed by atoms with van der Waals surface area (Å²) in [5.41, 5.74) is 2.42. The standard InChI is InChI=1S/C18H17FN2/c19-17-6-4-14(5-7-17)8-10-20-12-15-2-1-3-16-13-21-11-9-18(15)16/h1-7,9,11,13,20H,8,10,12H2. The van der Waals surface area contributed by atoms with Gasteiger partial charge in [0.1, 0.15) is 5.82 Å². The fourth-order valence-corrected chi connectivity index (χ4v) is 2.45. The predicted octanol–water partition coefficient (Wildman–Crippen LogP) is 3.71. The van der Waals surface area contributed by atoms with Gasteiger partial charge in [-0.25, -0.2) is 4.39 Å². The minimum Gasteiger partial charge on any atom is -0.312 e. The maximum Gasteiger partial charge on any atom is 0.123 e. The quantitative estimate of drug-likeness (QED) is 0.721. The van der Waals surface area contributed by atoms with Crippen molar-refractivity contribution in [2.75, 3.05) is 6.54 Å². The van der Waals surface area contributed by atoms with Crippen LogP contribution in [0, 0.1) is 5.82 Å². The van der Waals surface area contributed by atoms with Crippen LogP contribution >= 0.6 is 0 Å². The van der Waals surface area contributed by atoms with Gasteiger partial charge < -0.3 is 5.32 Å². The van der Waals surface area contributed by atoms with E-state index in [2.05, 4.69) is 28.5 Å². The third kappa shape index (κ3) is 3.44. The zero-order chi connectivity index (χ0) is 14.5. The van der Waals surface area contributed by atoms with Crippen LogP contribution in [0.2, 0.25) is 0 Å². The number of benzene rings is 2. The van der Waals surface area contributed by atoms with E-state index in [0.717, 1.165) is 30.5 Å². The van der Waals surface area contributed by atoms with Crippen LogP contribution in [-0.4, -0.2) is 11.5 Å². The van der Waals surface area contributed by atoms with E-state index >= 15 is 0 Å². The summed E-state index contributed by atoms with van der Waals surface area (Å²) in [7, 11) is 0. The molecule has 0 saturated carbocycles. The summed E-state index contributed by atoms with van der Waals surface area (Å²) >= 11 is 0. The number of aromatic nitrogens is 1. The van der Waals surface area contributed by atoms with Gasteiger partial charge in [-0.15, -0.1) is 0 Å². The number of rotatable bonds is 5. The van der Waals surface area contributed by atoms with E-state index in [4.69, 9.17) is 0 Å². The Morgan fingerprint density at radius 1 is 1.00 bits per heavy atom. The van der Waals surface area contributed by atoms with E-state index in [1.54, 1.807) is 0 Å². The summed E-state index contributed by atoms with van der Waals surface area (Å²) in [6, 6.07) is 15.0. The molecule has 1 heterocycles. The van der Waals surface area contributed by atoms with Crippen molar-refractivity contribution in [1.82, 2.24) is 10.3 Å². The van der Waals surface area contributed by atoms with Crippen molar-refractivity contribution in [3.8, 4) is 0 Å². The van der Waals surface area contributed by atoms with E-state index in [-0.39, 0.29) is 5.82 Å². The molecule has 0 unspecified atom stereocenters. The molecule has 0 spiro atoms. The van der Waals surface area contributed by atoms with Gasteiger partial charge in [0.15, 0.2) is 0 Å². The third-order valence-corrected chi connectivity index (χ3v) is 3.59.